The molecule has 0 radical (unpaired) electrons. The van der Waals surface area contributed by atoms with Gasteiger partial charge in [-0.05, 0) is 45.2 Å². The molecule has 0 bridgehead atoms. The number of halogens is 1. The summed E-state index contributed by atoms with van der Waals surface area (Å²) in [6.07, 6.45) is 1.95. The van der Waals surface area contributed by atoms with Crippen LogP contribution in [-0.2, 0) is 16.4 Å². The molecule has 0 atom stereocenters. The van der Waals surface area contributed by atoms with Crippen molar-refractivity contribution in [2.24, 2.45) is 7.05 Å². The van der Waals surface area contributed by atoms with Crippen molar-refractivity contribution in [3.8, 4) is 0 Å². The van der Waals surface area contributed by atoms with Gasteiger partial charge in [0.05, 0.1) is 16.7 Å². The van der Waals surface area contributed by atoms with Gasteiger partial charge in [-0.25, -0.2) is 4.39 Å². The Labute approximate surface area is 118 Å². The Morgan fingerprint density at radius 1 is 1.10 bits per heavy atom. The Hall–Kier alpha value is -1.33. The molecular weight excluding hydrogens is 256 g/mol. The molecule has 106 valence electrons. The zero-order chi connectivity index (χ0) is 14.7. The normalized spacial score (nSPS) is 20.8. The fraction of sp³-hybridized carbons (Fsp3) is 0.467. The van der Waals surface area contributed by atoms with Crippen LogP contribution < -0.4 is 5.46 Å². The first-order valence-electron chi connectivity index (χ1n) is 6.81. The summed E-state index contributed by atoms with van der Waals surface area (Å²) < 4.78 is 27.4. The summed E-state index contributed by atoms with van der Waals surface area (Å²) in [4.78, 5) is 0. The first-order valence-corrected chi connectivity index (χ1v) is 6.81. The zero-order valence-electron chi connectivity index (χ0n) is 12.5. The van der Waals surface area contributed by atoms with Crippen LogP contribution in [0.2, 0.25) is 0 Å². The molecule has 0 unspecified atom stereocenters. The monoisotopic (exact) mass is 275 g/mol. The highest BCUT2D eigenvalue weighted by molar-refractivity contribution is 6.65. The summed E-state index contributed by atoms with van der Waals surface area (Å²) in [6.45, 7) is 8.10. The first-order chi connectivity index (χ1) is 9.21. The van der Waals surface area contributed by atoms with Crippen LogP contribution in [-0.4, -0.2) is 22.9 Å². The van der Waals surface area contributed by atoms with E-state index in [4.69, 9.17) is 9.31 Å². The number of hydrogen-bond acceptors (Lipinski definition) is 2. The summed E-state index contributed by atoms with van der Waals surface area (Å²) in [6, 6.07) is 4.78. The van der Waals surface area contributed by atoms with Gasteiger partial charge >= 0.3 is 7.12 Å². The maximum atomic E-state index is 13.4. The number of nitrogens with zero attached hydrogens (tertiary/aromatic N) is 1. The lowest BCUT2D eigenvalue weighted by Crippen LogP contribution is -2.41. The number of fused-ring (bicyclic) bond motifs is 1. The van der Waals surface area contributed by atoms with Crippen LogP contribution in [0.3, 0.4) is 0 Å². The van der Waals surface area contributed by atoms with Gasteiger partial charge in [0, 0.05) is 18.7 Å². The number of hydrogen-bond donors (Lipinski definition) is 0. The van der Waals surface area contributed by atoms with E-state index in [9.17, 15) is 4.39 Å². The van der Waals surface area contributed by atoms with Gasteiger partial charge in [-0.2, -0.15) is 0 Å². The molecule has 2 heterocycles. The van der Waals surface area contributed by atoms with E-state index in [0.717, 1.165) is 16.4 Å². The Bertz CT molecular complexity index is 662. The zero-order valence-corrected chi connectivity index (χ0v) is 12.5. The summed E-state index contributed by atoms with van der Waals surface area (Å²) >= 11 is 0. The maximum absolute atomic E-state index is 13.4. The number of aryl methyl sites for hydroxylation is 1. The number of benzene rings is 1. The molecule has 5 heteroatoms. The van der Waals surface area contributed by atoms with Crippen LogP contribution in [0.5, 0.6) is 0 Å². The van der Waals surface area contributed by atoms with Crippen LogP contribution in [0.25, 0.3) is 10.9 Å². The van der Waals surface area contributed by atoms with Crippen LogP contribution in [0, 0.1) is 5.82 Å². The smallest absolute Gasteiger partial charge is 0.399 e. The van der Waals surface area contributed by atoms with Crippen LogP contribution in [0.1, 0.15) is 27.7 Å². The molecule has 3 nitrogen and oxygen atoms in total. The second-order valence-corrected chi connectivity index (χ2v) is 6.45. The Morgan fingerprint density at radius 2 is 1.70 bits per heavy atom. The predicted molar refractivity (Wildman–Crippen MR) is 78.6 cm³/mol. The van der Waals surface area contributed by atoms with Crippen molar-refractivity contribution < 1.29 is 13.7 Å². The molecule has 0 aliphatic carbocycles. The van der Waals surface area contributed by atoms with Crippen molar-refractivity contribution in [1.82, 2.24) is 4.57 Å². The Balaban J connectivity index is 2.09. The van der Waals surface area contributed by atoms with Gasteiger partial charge in [0.2, 0.25) is 0 Å². The van der Waals surface area contributed by atoms with Gasteiger partial charge in [-0.1, -0.05) is 6.07 Å². The average molecular weight is 275 g/mol. The largest absolute Gasteiger partial charge is 0.497 e. The molecule has 0 amide bonds. The van der Waals surface area contributed by atoms with Gasteiger partial charge in [-0.3, -0.25) is 0 Å². The minimum Gasteiger partial charge on any atom is -0.399 e. The predicted octanol–water partition coefficient (Wildman–Crippen LogP) is 2.62. The molecule has 20 heavy (non-hydrogen) atoms. The van der Waals surface area contributed by atoms with Gasteiger partial charge in [0.15, 0.2) is 0 Å². The van der Waals surface area contributed by atoms with Gasteiger partial charge in [0.25, 0.3) is 0 Å². The average Bonchev–Trinajstić information content (AvgIpc) is 2.75. The molecule has 0 spiro atoms. The molecule has 1 aromatic heterocycles. The number of rotatable bonds is 1. The molecule has 2 aromatic rings. The first kappa shape index (κ1) is 13.6. The lowest BCUT2D eigenvalue weighted by atomic mass is 9.79. The molecule has 1 saturated heterocycles. The van der Waals surface area contributed by atoms with Gasteiger partial charge in [-0.15, -0.1) is 0 Å². The minimum absolute atomic E-state index is 0.237. The summed E-state index contributed by atoms with van der Waals surface area (Å²) in [5.74, 6) is -0.237. The SMILES string of the molecule is Cn1cc(B2OC(C)(C)C(C)(C)O2)c2ccc(F)cc21. The van der Waals surface area contributed by atoms with Crippen LogP contribution in [0.15, 0.2) is 24.4 Å². The van der Waals surface area contributed by atoms with E-state index >= 15 is 0 Å². The molecule has 1 aliphatic heterocycles. The van der Waals surface area contributed by atoms with E-state index in [0.29, 0.717) is 0 Å². The van der Waals surface area contributed by atoms with Crippen molar-refractivity contribution in [1.29, 1.82) is 0 Å². The quantitative estimate of drug-likeness (QED) is 0.747. The van der Waals surface area contributed by atoms with Gasteiger partial charge in [0.1, 0.15) is 5.82 Å². The maximum Gasteiger partial charge on any atom is 0.497 e. The highest BCUT2D eigenvalue weighted by atomic mass is 19.1. The molecule has 3 rings (SSSR count). The lowest BCUT2D eigenvalue weighted by molar-refractivity contribution is 0.00578. The van der Waals surface area contributed by atoms with Crippen molar-refractivity contribution >= 4 is 23.5 Å². The second kappa shape index (κ2) is 4.09. The molecular formula is C15H19BFNO2. The molecule has 1 fully saturated rings. The van der Waals surface area contributed by atoms with Crippen molar-refractivity contribution in [2.45, 2.75) is 38.9 Å². The molecule has 0 saturated carbocycles. The van der Waals surface area contributed by atoms with Crippen molar-refractivity contribution in [2.75, 3.05) is 0 Å². The van der Waals surface area contributed by atoms with Crippen LogP contribution in [0.4, 0.5) is 4.39 Å². The fourth-order valence-corrected chi connectivity index (χ4v) is 2.55. The van der Waals surface area contributed by atoms with E-state index in [1.807, 2.05) is 45.5 Å². The third kappa shape index (κ3) is 1.88. The molecule has 1 aliphatic rings. The summed E-state index contributed by atoms with van der Waals surface area (Å²) in [7, 11) is 1.48. The van der Waals surface area contributed by atoms with E-state index in [-0.39, 0.29) is 17.0 Å². The topological polar surface area (TPSA) is 23.4 Å². The Morgan fingerprint density at radius 3 is 2.30 bits per heavy atom. The third-order valence-corrected chi connectivity index (χ3v) is 4.49. The summed E-state index contributed by atoms with van der Waals surface area (Å²) in [5, 5.41) is 0.965. The Kier molecular flexibility index (Phi) is 2.79. The van der Waals surface area contributed by atoms with E-state index in [1.165, 1.54) is 12.1 Å². The molecule has 0 N–H and O–H groups in total. The standard InChI is InChI=1S/C15H19BFNO2/c1-14(2)15(3,4)20-16(19-14)12-9-18(5)13-8-10(17)6-7-11(12)13/h6-9H,1-5H3. The van der Waals surface area contributed by atoms with Gasteiger partial charge < -0.3 is 13.9 Å². The van der Waals surface area contributed by atoms with Crippen molar-refractivity contribution in [3.05, 3.63) is 30.2 Å². The van der Waals surface area contributed by atoms with E-state index < -0.39 is 7.12 Å². The lowest BCUT2D eigenvalue weighted by Gasteiger charge is -2.32. The highest BCUT2D eigenvalue weighted by Crippen LogP contribution is 2.37. The minimum atomic E-state index is -0.422. The number of aromatic nitrogens is 1. The van der Waals surface area contributed by atoms with Crippen molar-refractivity contribution in [3.63, 3.8) is 0 Å². The fourth-order valence-electron chi connectivity index (χ4n) is 2.55. The van der Waals surface area contributed by atoms with Crippen LogP contribution >= 0.6 is 0 Å². The van der Waals surface area contributed by atoms with E-state index in [1.54, 1.807) is 6.07 Å². The molecule has 1 aromatic carbocycles. The van der Waals surface area contributed by atoms with E-state index in [2.05, 4.69) is 0 Å². The second-order valence-electron chi connectivity index (χ2n) is 6.45. The third-order valence-electron chi connectivity index (χ3n) is 4.49. The summed E-state index contributed by atoms with van der Waals surface area (Å²) in [5.41, 5.74) is 1.04. The highest BCUT2D eigenvalue weighted by Gasteiger charge is 2.52.